The van der Waals surface area contributed by atoms with E-state index < -0.39 is 5.97 Å². The highest BCUT2D eigenvalue weighted by atomic mass is 32.1. The number of aromatic nitrogens is 1. The number of phenolic OH excluding ortho intramolecular Hbond substituents is 1. The molecule has 1 heterocycles. The Bertz CT molecular complexity index is 1250. The van der Waals surface area contributed by atoms with Crippen LogP contribution < -0.4 is 5.32 Å². The molecule has 0 atom stereocenters. The fourth-order valence-electron chi connectivity index (χ4n) is 3.23. The van der Waals surface area contributed by atoms with Gasteiger partial charge in [-0.25, -0.2) is 9.78 Å². The minimum Gasteiger partial charge on any atom is -0.507 e. The maximum Gasteiger partial charge on any atom is 0.341 e. The van der Waals surface area contributed by atoms with E-state index in [0.717, 1.165) is 26.4 Å². The number of nitrogens with zero attached hydrogens (tertiary/aromatic N) is 1. The van der Waals surface area contributed by atoms with Crippen molar-refractivity contribution in [3.8, 4) is 16.9 Å². The minimum atomic E-state index is -0.630. The van der Waals surface area contributed by atoms with E-state index in [1.165, 1.54) is 30.6 Å². The summed E-state index contributed by atoms with van der Waals surface area (Å²) in [6.45, 7) is 0.228. The van der Waals surface area contributed by atoms with Crippen molar-refractivity contribution >= 4 is 33.4 Å². The lowest BCUT2D eigenvalue weighted by molar-refractivity contribution is -0.120. The van der Waals surface area contributed by atoms with Crippen LogP contribution in [0.25, 0.3) is 21.3 Å². The zero-order valence-corrected chi connectivity index (χ0v) is 17.6. The summed E-state index contributed by atoms with van der Waals surface area (Å²) >= 11 is 1.50. The average molecular weight is 433 g/mol. The molecule has 0 saturated heterocycles. The molecule has 1 amide bonds. The molecule has 4 aromatic rings. The summed E-state index contributed by atoms with van der Waals surface area (Å²) in [6, 6.07) is 20.8. The Labute approximate surface area is 183 Å². The highest BCUT2D eigenvalue weighted by Crippen LogP contribution is 2.28. The number of aromatic hydroxyl groups is 1. The Kier molecular flexibility index (Phi) is 5.95. The van der Waals surface area contributed by atoms with Gasteiger partial charge in [-0.1, -0.05) is 42.5 Å². The molecular weight excluding hydrogens is 412 g/mol. The number of esters is 1. The van der Waals surface area contributed by atoms with Gasteiger partial charge < -0.3 is 15.2 Å². The first-order valence-electron chi connectivity index (χ1n) is 9.65. The smallest absolute Gasteiger partial charge is 0.341 e. The summed E-state index contributed by atoms with van der Waals surface area (Å²) in [7, 11) is 1.25. The number of carbonyl (C=O) groups is 2. The predicted octanol–water partition coefficient (Wildman–Crippen LogP) is 4.31. The molecule has 0 bridgehead atoms. The molecule has 0 radical (unpaired) electrons. The van der Waals surface area contributed by atoms with Crippen LogP contribution in [0.15, 0.2) is 66.7 Å². The van der Waals surface area contributed by atoms with Gasteiger partial charge in [-0.3, -0.25) is 4.79 Å². The van der Waals surface area contributed by atoms with Crippen molar-refractivity contribution in [3.63, 3.8) is 0 Å². The van der Waals surface area contributed by atoms with Gasteiger partial charge in [0.15, 0.2) is 0 Å². The number of benzene rings is 3. The molecule has 7 heteroatoms. The number of fused-ring (bicyclic) bond motifs is 1. The van der Waals surface area contributed by atoms with E-state index in [9.17, 15) is 14.7 Å². The van der Waals surface area contributed by atoms with Crippen molar-refractivity contribution < 1.29 is 19.4 Å². The molecule has 3 aromatic carbocycles. The zero-order chi connectivity index (χ0) is 21.8. The molecule has 0 fully saturated rings. The van der Waals surface area contributed by atoms with Crippen LogP contribution in [-0.4, -0.2) is 29.1 Å². The van der Waals surface area contributed by atoms with Crippen LogP contribution in [0.5, 0.6) is 5.75 Å². The zero-order valence-electron chi connectivity index (χ0n) is 16.8. The van der Waals surface area contributed by atoms with E-state index in [0.29, 0.717) is 5.56 Å². The number of nitrogens with one attached hydrogen (secondary N) is 1. The quantitative estimate of drug-likeness (QED) is 0.443. The van der Waals surface area contributed by atoms with Gasteiger partial charge in [0.25, 0.3) is 0 Å². The summed E-state index contributed by atoms with van der Waals surface area (Å²) in [5, 5.41) is 13.3. The van der Waals surface area contributed by atoms with Gasteiger partial charge in [0.1, 0.15) is 16.3 Å². The van der Waals surface area contributed by atoms with Crippen molar-refractivity contribution in [3.05, 3.63) is 82.9 Å². The second-order valence-corrected chi connectivity index (χ2v) is 8.07. The molecule has 0 aliphatic carbocycles. The Morgan fingerprint density at radius 2 is 1.84 bits per heavy atom. The number of rotatable bonds is 6. The van der Waals surface area contributed by atoms with Crippen LogP contribution in [-0.2, 0) is 22.5 Å². The summed E-state index contributed by atoms with van der Waals surface area (Å²) in [5.41, 5.74) is 3.87. The van der Waals surface area contributed by atoms with Crippen LogP contribution in [0, 0.1) is 0 Å². The van der Waals surface area contributed by atoms with Crippen LogP contribution in [0.4, 0.5) is 0 Å². The normalized spacial score (nSPS) is 10.7. The number of thiazole rings is 1. The van der Waals surface area contributed by atoms with Gasteiger partial charge in [-0.05, 0) is 41.0 Å². The first kappa shape index (κ1) is 20.6. The van der Waals surface area contributed by atoms with E-state index in [1.807, 2.05) is 30.3 Å². The third-order valence-electron chi connectivity index (χ3n) is 4.81. The lowest BCUT2D eigenvalue weighted by Crippen LogP contribution is -2.24. The molecule has 4 rings (SSSR count). The molecule has 2 N–H and O–H groups in total. The highest BCUT2D eigenvalue weighted by molar-refractivity contribution is 7.18. The second kappa shape index (κ2) is 8.97. The molecule has 156 valence electrons. The summed E-state index contributed by atoms with van der Waals surface area (Å²) in [5.74, 6) is -0.962. The van der Waals surface area contributed by atoms with E-state index in [1.54, 1.807) is 6.07 Å². The fourth-order valence-corrected chi connectivity index (χ4v) is 4.23. The molecule has 0 unspecified atom stereocenters. The standard InChI is InChI=1S/C24H20N2O4S/c1-30-24(29)18-11-15(7-10-20(18)27)14-25-22(28)13-23-26-19-9-8-17(12-21(19)31-23)16-5-3-2-4-6-16/h2-12,27H,13-14H2,1H3,(H,25,28). The first-order valence-corrected chi connectivity index (χ1v) is 10.5. The molecule has 0 saturated carbocycles. The fraction of sp³-hybridized carbons (Fsp3) is 0.125. The largest absolute Gasteiger partial charge is 0.507 e. The summed E-state index contributed by atoms with van der Waals surface area (Å²) in [4.78, 5) is 28.7. The van der Waals surface area contributed by atoms with Crippen molar-refractivity contribution in [2.24, 2.45) is 0 Å². The van der Waals surface area contributed by atoms with Gasteiger partial charge in [0.05, 0.1) is 23.7 Å². The van der Waals surface area contributed by atoms with E-state index in [4.69, 9.17) is 0 Å². The second-order valence-electron chi connectivity index (χ2n) is 6.95. The number of methoxy groups -OCH3 is 1. The van der Waals surface area contributed by atoms with Crippen LogP contribution in [0.1, 0.15) is 20.9 Å². The van der Waals surface area contributed by atoms with Crippen molar-refractivity contribution in [2.75, 3.05) is 7.11 Å². The number of carbonyl (C=O) groups excluding carboxylic acids is 2. The van der Waals surface area contributed by atoms with E-state index in [2.05, 4.69) is 33.2 Å². The Morgan fingerprint density at radius 1 is 1.03 bits per heavy atom. The molecule has 0 aliphatic rings. The molecule has 31 heavy (non-hydrogen) atoms. The number of amides is 1. The number of hydrogen-bond acceptors (Lipinski definition) is 6. The van der Waals surface area contributed by atoms with Crippen molar-refractivity contribution in [2.45, 2.75) is 13.0 Å². The highest BCUT2D eigenvalue weighted by Gasteiger charge is 2.13. The van der Waals surface area contributed by atoms with Gasteiger partial charge in [-0.2, -0.15) is 0 Å². The van der Waals surface area contributed by atoms with Crippen LogP contribution in [0.2, 0.25) is 0 Å². The average Bonchev–Trinajstić information content (AvgIpc) is 3.20. The Hall–Kier alpha value is -3.71. The van der Waals surface area contributed by atoms with E-state index in [-0.39, 0.29) is 30.2 Å². The Morgan fingerprint density at radius 3 is 2.61 bits per heavy atom. The van der Waals surface area contributed by atoms with Crippen molar-refractivity contribution in [1.82, 2.24) is 10.3 Å². The molecular formula is C24H20N2O4S. The maximum atomic E-state index is 12.4. The molecule has 0 aliphatic heterocycles. The minimum absolute atomic E-state index is 0.0645. The van der Waals surface area contributed by atoms with Crippen molar-refractivity contribution in [1.29, 1.82) is 0 Å². The molecule has 6 nitrogen and oxygen atoms in total. The van der Waals surface area contributed by atoms with Crippen LogP contribution in [0.3, 0.4) is 0 Å². The monoisotopic (exact) mass is 432 g/mol. The number of ether oxygens (including phenoxy) is 1. The third-order valence-corrected chi connectivity index (χ3v) is 5.83. The number of hydrogen-bond donors (Lipinski definition) is 2. The van der Waals surface area contributed by atoms with E-state index >= 15 is 0 Å². The molecule has 1 aromatic heterocycles. The number of phenols is 1. The van der Waals surface area contributed by atoms with Crippen LogP contribution >= 0.6 is 11.3 Å². The molecule has 0 spiro atoms. The summed E-state index contributed by atoms with van der Waals surface area (Å²) in [6.07, 6.45) is 0.169. The van der Waals surface area contributed by atoms with Gasteiger partial charge in [-0.15, -0.1) is 11.3 Å². The lowest BCUT2D eigenvalue weighted by Gasteiger charge is -2.07. The Balaban J connectivity index is 1.42. The third kappa shape index (κ3) is 4.73. The van der Waals surface area contributed by atoms with Gasteiger partial charge in [0, 0.05) is 6.54 Å². The maximum absolute atomic E-state index is 12.4. The van der Waals surface area contributed by atoms with Gasteiger partial charge >= 0.3 is 5.97 Å². The van der Waals surface area contributed by atoms with Gasteiger partial charge in [0.2, 0.25) is 5.91 Å². The summed E-state index contributed by atoms with van der Waals surface area (Å²) < 4.78 is 5.68. The lowest BCUT2D eigenvalue weighted by atomic mass is 10.1. The topological polar surface area (TPSA) is 88.5 Å². The predicted molar refractivity (Wildman–Crippen MR) is 120 cm³/mol. The SMILES string of the molecule is COC(=O)c1cc(CNC(=O)Cc2nc3ccc(-c4ccccc4)cc3s2)ccc1O. The first-order chi connectivity index (χ1) is 15.0.